The molecule has 2 saturated heterocycles. The van der Waals surface area contributed by atoms with E-state index in [0.29, 0.717) is 25.9 Å². The molecular formula is C14H24N2O5S. The van der Waals surface area contributed by atoms with E-state index < -0.39 is 20.7 Å². The van der Waals surface area contributed by atoms with E-state index in [4.69, 9.17) is 9.94 Å². The second-order valence-corrected chi connectivity index (χ2v) is 7.97. The van der Waals surface area contributed by atoms with Gasteiger partial charge >= 0.3 is 0 Å². The normalized spacial score (nSPS) is 23.1. The molecule has 0 bridgehead atoms. The van der Waals surface area contributed by atoms with Crippen molar-refractivity contribution in [3.63, 3.8) is 0 Å². The zero-order valence-electron chi connectivity index (χ0n) is 12.9. The van der Waals surface area contributed by atoms with Crippen molar-refractivity contribution in [2.75, 3.05) is 26.3 Å². The highest BCUT2D eigenvalue weighted by atomic mass is 32.2. The number of hydrogen-bond donors (Lipinski definition) is 2. The summed E-state index contributed by atoms with van der Waals surface area (Å²) in [6, 6.07) is 0. The van der Waals surface area contributed by atoms with Crippen molar-refractivity contribution >= 4 is 15.9 Å². The first-order valence-electron chi connectivity index (χ1n) is 7.68. The van der Waals surface area contributed by atoms with Gasteiger partial charge in [-0.3, -0.25) is 10.0 Å². The predicted octanol–water partition coefficient (Wildman–Crippen LogP) is 0.803. The molecule has 0 saturated carbocycles. The Kier molecular flexibility index (Phi) is 5.60. The van der Waals surface area contributed by atoms with Crippen molar-refractivity contribution in [1.82, 2.24) is 9.79 Å². The van der Waals surface area contributed by atoms with Gasteiger partial charge < -0.3 is 4.74 Å². The van der Waals surface area contributed by atoms with Crippen LogP contribution in [0, 0.1) is 0 Å². The minimum absolute atomic E-state index is 0.0654. The molecule has 0 unspecified atom stereocenters. The summed E-state index contributed by atoms with van der Waals surface area (Å²) in [7, 11) is -3.84. The van der Waals surface area contributed by atoms with E-state index >= 15 is 0 Å². The molecule has 0 aromatic rings. The van der Waals surface area contributed by atoms with Crippen LogP contribution in [0.15, 0.2) is 11.6 Å². The number of carbonyl (C=O) groups excluding carboxylic acids is 1. The number of ether oxygens (including phenoxy) is 1. The van der Waals surface area contributed by atoms with E-state index in [0.717, 1.165) is 6.42 Å². The Labute approximate surface area is 131 Å². The quantitative estimate of drug-likeness (QED) is 0.451. The van der Waals surface area contributed by atoms with Crippen molar-refractivity contribution in [2.45, 2.75) is 43.8 Å². The second-order valence-electron chi connectivity index (χ2n) is 5.72. The van der Waals surface area contributed by atoms with E-state index in [1.165, 1.54) is 15.4 Å². The van der Waals surface area contributed by atoms with Crippen LogP contribution in [0.4, 0.5) is 0 Å². The van der Waals surface area contributed by atoms with Gasteiger partial charge in [0.15, 0.2) is 4.75 Å². The molecule has 126 valence electrons. The molecule has 0 aliphatic carbocycles. The lowest BCUT2D eigenvalue weighted by Crippen LogP contribution is -2.60. The van der Waals surface area contributed by atoms with Gasteiger partial charge in [-0.15, -0.1) is 0 Å². The van der Waals surface area contributed by atoms with Crippen LogP contribution in [-0.4, -0.2) is 54.9 Å². The fourth-order valence-electron chi connectivity index (χ4n) is 3.16. The van der Waals surface area contributed by atoms with Crippen LogP contribution in [0.3, 0.4) is 0 Å². The number of nitrogens with zero attached hydrogens (tertiary/aromatic N) is 1. The predicted molar refractivity (Wildman–Crippen MR) is 80.8 cm³/mol. The maximum atomic E-state index is 13.0. The van der Waals surface area contributed by atoms with Gasteiger partial charge in [0, 0.05) is 39.1 Å². The van der Waals surface area contributed by atoms with Gasteiger partial charge in [0.2, 0.25) is 10.0 Å². The standard InChI is InChI=1S/C14H24N2O5S/c1-2-3-12-4-8-16(9-5-12)22(19,20)14(13(17)15-18)6-10-21-11-7-14/h3,18H,2,4-11H2,1H3,(H,15,17). The average Bonchev–Trinajstić information content (AvgIpc) is 2.55. The molecule has 2 N–H and O–H groups in total. The summed E-state index contributed by atoms with van der Waals surface area (Å²) in [5.74, 6) is -0.856. The molecule has 22 heavy (non-hydrogen) atoms. The van der Waals surface area contributed by atoms with E-state index in [-0.39, 0.29) is 26.1 Å². The smallest absolute Gasteiger partial charge is 0.266 e. The first-order valence-corrected chi connectivity index (χ1v) is 9.12. The largest absolute Gasteiger partial charge is 0.381 e. The minimum Gasteiger partial charge on any atom is -0.381 e. The van der Waals surface area contributed by atoms with Crippen molar-refractivity contribution < 1.29 is 23.2 Å². The van der Waals surface area contributed by atoms with Crippen LogP contribution in [0.25, 0.3) is 0 Å². The van der Waals surface area contributed by atoms with Gasteiger partial charge in [-0.25, -0.2) is 18.2 Å². The summed E-state index contributed by atoms with van der Waals surface area (Å²) in [6.45, 7) is 3.21. The molecular weight excluding hydrogens is 308 g/mol. The number of piperidine rings is 1. The first-order chi connectivity index (χ1) is 10.5. The van der Waals surface area contributed by atoms with E-state index in [9.17, 15) is 13.2 Å². The van der Waals surface area contributed by atoms with E-state index in [2.05, 4.69) is 13.0 Å². The lowest BCUT2D eigenvalue weighted by atomic mass is 9.98. The van der Waals surface area contributed by atoms with E-state index in [1.54, 1.807) is 0 Å². The summed E-state index contributed by atoms with van der Waals surface area (Å²) in [5, 5.41) is 8.99. The van der Waals surface area contributed by atoms with E-state index in [1.807, 2.05) is 0 Å². The van der Waals surface area contributed by atoms with Crippen LogP contribution in [0.1, 0.15) is 39.0 Å². The van der Waals surface area contributed by atoms with Gasteiger partial charge in [-0.05, 0) is 19.3 Å². The number of hydroxylamine groups is 1. The number of nitrogens with one attached hydrogen (secondary N) is 1. The molecule has 0 spiro atoms. The molecule has 1 amide bonds. The van der Waals surface area contributed by atoms with Gasteiger partial charge in [-0.2, -0.15) is 0 Å². The number of hydrogen-bond acceptors (Lipinski definition) is 5. The topological polar surface area (TPSA) is 95.9 Å². The third kappa shape index (κ3) is 3.05. The highest BCUT2D eigenvalue weighted by Crippen LogP contribution is 2.34. The molecule has 2 rings (SSSR count). The Bertz CT molecular complexity index is 527. The Balaban J connectivity index is 2.23. The Hall–Kier alpha value is -0.960. The highest BCUT2D eigenvalue weighted by molar-refractivity contribution is 7.91. The molecule has 0 aromatic carbocycles. The number of allylic oxidation sites excluding steroid dienone is 1. The number of carbonyl (C=O) groups is 1. The number of sulfonamides is 1. The SMILES string of the molecule is CCC=C1CCN(S(=O)(=O)C2(C(=O)NO)CCOCC2)CC1. The zero-order chi connectivity index (χ0) is 16.2. The molecule has 0 radical (unpaired) electrons. The molecule has 2 heterocycles. The Morgan fingerprint density at radius 1 is 1.36 bits per heavy atom. The third-order valence-electron chi connectivity index (χ3n) is 4.51. The van der Waals surface area contributed by atoms with Gasteiger partial charge in [0.1, 0.15) is 0 Å². The number of rotatable bonds is 4. The van der Waals surface area contributed by atoms with Gasteiger partial charge in [0.25, 0.3) is 5.91 Å². The zero-order valence-corrected chi connectivity index (χ0v) is 13.7. The van der Waals surface area contributed by atoms with Crippen LogP contribution in [-0.2, 0) is 19.6 Å². The van der Waals surface area contributed by atoms with Crippen LogP contribution >= 0.6 is 0 Å². The van der Waals surface area contributed by atoms with Crippen LogP contribution < -0.4 is 5.48 Å². The fourth-order valence-corrected chi connectivity index (χ4v) is 5.28. The van der Waals surface area contributed by atoms with Crippen molar-refractivity contribution in [3.05, 3.63) is 11.6 Å². The Morgan fingerprint density at radius 3 is 2.45 bits per heavy atom. The molecule has 0 aromatic heterocycles. The molecule has 7 nitrogen and oxygen atoms in total. The third-order valence-corrected chi connectivity index (χ3v) is 7.13. The summed E-state index contributed by atoms with van der Waals surface area (Å²) in [5.41, 5.74) is 2.80. The fraction of sp³-hybridized carbons (Fsp3) is 0.786. The van der Waals surface area contributed by atoms with Crippen LogP contribution in [0.5, 0.6) is 0 Å². The van der Waals surface area contributed by atoms with Gasteiger partial charge in [0.05, 0.1) is 0 Å². The summed E-state index contributed by atoms with van der Waals surface area (Å²) >= 11 is 0. The average molecular weight is 332 g/mol. The monoisotopic (exact) mass is 332 g/mol. The summed E-state index contributed by atoms with van der Waals surface area (Å²) in [4.78, 5) is 12.1. The lowest BCUT2D eigenvalue weighted by Gasteiger charge is -2.39. The van der Waals surface area contributed by atoms with Crippen LogP contribution in [0.2, 0.25) is 0 Å². The van der Waals surface area contributed by atoms with Gasteiger partial charge in [-0.1, -0.05) is 18.6 Å². The Morgan fingerprint density at radius 2 is 1.95 bits per heavy atom. The van der Waals surface area contributed by atoms with Crippen molar-refractivity contribution in [1.29, 1.82) is 0 Å². The molecule has 0 atom stereocenters. The molecule has 2 aliphatic heterocycles. The maximum absolute atomic E-state index is 13.0. The maximum Gasteiger partial charge on any atom is 0.266 e. The minimum atomic E-state index is -3.84. The lowest BCUT2D eigenvalue weighted by molar-refractivity contribution is -0.134. The molecule has 2 fully saturated rings. The first kappa shape index (κ1) is 17.4. The second kappa shape index (κ2) is 7.08. The summed E-state index contributed by atoms with van der Waals surface area (Å²) in [6.07, 6.45) is 4.59. The summed E-state index contributed by atoms with van der Waals surface area (Å²) < 4.78 is 31.0. The highest BCUT2D eigenvalue weighted by Gasteiger charge is 2.54. The van der Waals surface area contributed by atoms with Crippen molar-refractivity contribution in [3.8, 4) is 0 Å². The molecule has 8 heteroatoms. The molecule has 2 aliphatic rings. The number of amides is 1. The van der Waals surface area contributed by atoms with Crippen molar-refractivity contribution in [2.24, 2.45) is 0 Å².